The Hall–Kier alpha value is -5.16. The van der Waals surface area contributed by atoms with E-state index in [2.05, 4.69) is 40.9 Å². The first-order chi connectivity index (χ1) is 23.9. The number of carbonyl (C=O) groups is 2. The number of aromatic nitrogens is 3. The van der Waals surface area contributed by atoms with Crippen molar-refractivity contribution in [2.45, 2.75) is 72.5 Å². The van der Waals surface area contributed by atoms with Crippen LogP contribution in [0.25, 0.3) is 21.9 Å². The van der Waals surface area contributed by atoms with Gasteiger partial charge in [0, 0.05) is 24.8 Å². The third-order valence-electron chi connectivity index (χ3n) is 9.41. The first-order valence-corrected chi connectivity index (χ1v) is 17.4. The molecule has 13 nitrogen and oxygen atoms in total. The number of aromatic amines is 1. The van der Waals surface area contributed by atoms with Crippen LogP contribution >= 0.6 is 0 Å². The number of fused-ring (bicyclic) bond motifs is 1. The van der Waals surface area contributed by atoms with Crippen LogP contribution in [0.2, 0.25) is 0 Å². The van der Waals surface area contributed by atoms with Crippen molar-refractivity contribution < 1.29 is 32.6 Å². The minimum Gasteiger partial charge on any atom is -0.479 e. The molecule has 0 bridgehead atoms. The minimum absolute atomic E-state index is 0.168. The zero-order valence-corrected chi connectivity index (χ0v) is 29.6. The minimum atomic E-state index is -1.05. The summed E-state index contributed by atoms with van der Waals surface area (Å²) in [4.78, 5) is 35.9. The van der Waals surface area contributed by atoms with Gasteiger partial charge in [-0.05, 0) is 93.2 Å². The number of carboxylic acid groups (broad SMARTS) is 1. The summed E-state index contributed by atoms with van der Waals surface area (Å²) in [5.41, 5.74) is 4.92. The van der Waals surface area contributed by atoms with E-state index in [1.54, 1.807) is 16.8 Å². The van der Waals surface area contributed by atoms with Crippen LogP contribution in [-0.4, -0.2) is 65.4 Å². The second-order valence-electron chi connectivity index (χ2n) is 13.4. The van der Waals surface area contributed by atoms with Crippen molar-refractivity contribution in [1.82, 2.24) is 14.6 Å². The van der Waals surface area contributed by atoms with Crippen molar-refractivity contribution in [2.24, 2.45) is 17.8 Å². The molecule has 3 unspecified atom stereocenters. The molecule has 6 rings (SSSR count). The van der Waals surface area contributed by atoms with Crippen LogP contribution in [-0.2, 0) is 21.1 Å². The standard InChI is InChI=1S/C36H42N6O5.O2S/c1-20-9-12-30(46-24(5)35(43)44)27(17-20)38-26-18-25(10-11-29(26)41-13-7-8-14-41)33-39-34-31(28(37-6)19-42(34)40-33)36(45)47-32-22(3)15-21(2)16-23(32)4;1-3-2/h9-12,17-19,21-24,32,38H,7-8,13-16H2,1-5H3,(H,39,40)(H,43,44);. The molecule has 2 fully saturated rings. The van der Waals surface area contributed by atoms with Crippen LogP contribution in [0.4, 0.5) is 22.7 Å². The lowest BCUT2D eigenvalue weighted by Gasteiger charge is -2.37. The fourth-order valence-corrected chi connectivity index (χ4v) is 7.19. The number of carbonyl (C=O) groups excluding carboxylic acids is 1. The largest absolute Gasteiger partial charge is 0.479 e. The number of aryl methyl sites for hydroxylation is 1. The Morgan fingerprint density at radius 2 is 1.76 bits per heavy atom. The summed E-state index contributed by atoms with van der Waals surface area (Å²) >= 11 is -0.750. The van der Waals surface area contributed by atoms with Crippen molar-refractivity contribution in [3.63, 3.8) is 0 Å². The van der Waals surface area contributed by atoms with Crippen molar-refractivity contribution in [3.05, 3.63) is 65.1 Å². The highest BCUT2D eigenvalue weighted by atomic mass is 32.1. The highest BCUT2D eigenvalue weighted by Crippen LogP contribution is 2.39. The summed E-state index contributed by atoms with van der Waals surface area (Å²) in [6.45, 7) is 19.5. The maximum atomic E-state index is 13.6. The number of hydrogen-bond acceptors (Lipinski definition) is 9. The number of esters is 1. The van der Waals surface area contributed by atoms with Crippen LogP contribution in [0, 0.1) is 31.2 Å². The summed E-state index contributed by atoms with van der Waals surface area (Å²) < 4.78 is 30.1. The van der Waals surface area contributed by atoms with Gasteiger partial charge in [0.1, 0.15) is 17.4 Å². The predicted molar refractivity (Wildman–Crippen MR) is 190 cm³/mol. The SMILES string of the molecule is O=S=O.[C-]#[N+]c1cn2[nH]c(-c3ccc(N4CCCC4)c(Nc4cc(C)ccc4OC(C)C(=O)O)c3)nc2c1C(=O)OC1C(C)CC(C)CC1C. The van der Waals surface area contributed by atoms with Crippen LogP contribution in [0.1, 0.15) is 69.3 Å². The monoisotopic (exact) mass is 702 g/mol. The molecule has 3 N–H and O–H groups in total. The molecule has 14 heteroatoms. The molecule has 0 amide bonds. The van der Waals surface area contributed by atoms with E-state index < -0.39 is 29.6 Å². The van der Waals surface area contributed by atoms with E-state index in [1.807, 2.05) is 37.3 Å². The maximum Gasteiger partial charge on any atom is 0.344 e. The molecular weight excluding hydrogens is 660 g/mol. The van der Waals surface area contributed by atoms with E-state index in [0.717, 1.165) is 61.3 Å². The summed E-state index contributed by atoms with van der Waals surface area (Å²) in [7, 11) is 0. The lowest BCUT2D eigenvalue weighted by molar-refractivity contribution is -0.144. The van der Waals surface area contributed by atoms with E-state index in [-0.39, 0.29) is 29.2 Å². The van der Waals surface area contributed by atoms with Gasteiger partial charge in [0.15, 0.2) is 17.6 Å². The first kappa shape index (κ1) is 36.1. The normalized spacial score (nSPS) is 20.7. The fourth-order valence-electron chi connectivity index (χ4n) is 7.19. The molecule has 264 valence electrons. The zero-order valence-electron chi connectivity index (χ0n) is 28.8. The molecule has 2 aromatic heterocycles. The third kappa shape index (κ3) is 7.83. The van der Waals surface area contributed by atoms with Gasteiger partial charge in [-0.2, -0.15) is 8.42 Å². The molecule has 2 aromatic carbocycles. The molecule has 3 heterocycles. The van der Waals surface area contributed by atoms with Gasteiger partial charge in [-0.15, -0.1) is 0 Å². The van der Waals surface area contributed by atoms with Crippen molar-refractivity contribution in [3.8, 4) is 17.1 Å². The lowest BCUT2D eigenvalue weighted by Crippen LogP contribution is -2.37. The number of hydrogen-bond donors (Lipinski definition) is 3. The van der Waals surface area contributed by atoms with Gasteiger partial charge in [-0.1, -0.05) is 26.8 Å². The average molecular weight is 703 g/mol. The highest BCUT2D eigenvalue weighted by molar-refractivity contribution is 7.51. The van der Waals surface area contributed by atoms with Crippen molar-refractivity contribution in [1.29, 1.82) is 0 Å². The molecule has 0 spiro atoms. The van der Waals surface area contributed by atoms with Crippen LogP contribution in [0.3, 0.4) is 0 Å². The van der Waals surface area contributed by atoms with Gasteiger partial charge in [0.2, 0.25) is 5.69 Å². The van der Waals surface area contributed by atoms with Crippen LogP contribution in [0.5, 0.6) is 5.75 Å². The number of anilines is 3. The molecule has 2 aliphatic rings. The van der Waals surface area contributed by atoms with E-state index in [4.69, 9.17) is 29.4 Å². The highest BCUT2D eigenvalue weighted by Gasteiger charge is 2.36. The van der Waals surface area contributed by atoms with Gasteiger partial charge >= 0.3 is 23.5 Å². The summed E-state index contributed by atoms with van der Waals surface area (Å²) in [6.07, 6.45) is 4.53. The molecule has 4 aromatic rings. The Balaban J connectivity index is 0.00000156. The Morgan fingerprint density at radius 3 is 2.40 bits per heavy atom. The van der Waals surface area contributed by atoms with Crippen LogP contribution in [0.15, 0.2) is 42.6 Å². The van der Waals surface area contributed by atoms with Gasteiger partial charge in [0.05, 0.1) is 23.6 Å². The Morgan fingerprint density at radius 1 is 1.08 bits per heavy atom. The van der Waals surface area contributed by atoms with Gasteiger partial charge in [-0.3, -0.25) is 9.61 Å². The van der Waals surface area contributed by atoms with Crippen molar-refractivity contribution >= 4 is 51.9 Å². The molecule has 1 aliphatic carbocycles. The third-order valence-corrected chi connectivity index (χ3v) is 9.41. The van der Waals surface area contributed by atoms with Crippen molar-refractivity contribution in [2.75, 3.05) is 23.3 Å². The predicted octanol–water partition coefficient (Wildman–Crippen LogP) is 6.94. The molecular formula is C36H42N6O7S. The second-order valence-corrected chi connectivity index (χ2v) is 13.5. The Kier molecular flexibility index (Phi) is 11.3. The maximum absolute atomic E-state index is 13.6. The number of aliphatic carboxylic acids is 1. The number of rotatable bonds is 9. The van der Waals surface area contributed by atoms with Gasteiger partial charge in [-0.25, -0.2) is 19.4 Å². The number of nitrogens with one attached hydrogen (secondary N) is 2. The molecule has 50 heavy (non-hydrogen) atoms. The molecule has 1 aliphatic heterocycles. The summed E-state index contributed by atoms with van der Waals surface area (Å²) in [5, 5.41) is 16.2. The Labute approximate surface area is 294 Å². The Bertz CT molecular complexity index is 1940. The molecule has 1 saturated carbocycles. The average Bonchev–Trinajstić information content (AvgIpc) is 3.81. The second kappa shape index (κ2) is 15.6. The summed E-state index contributed by atoms with van der Waals surface area (Å²) in [5.74, 6) is 0.425. The quantitative estimate of drug-likeness (QED) is 0.123. The summed E-state index contributed by atoms with van der Waals surface area (Å²) in [6, 6.07) is 11.6. The van der Waals surface area contributed by atoms with Gasteiger partial charge in [0.25, 0.3) is 0 Å². The smallest absolute Gasteiger partial charge is 0.344 e. The number of nitrogens with zero attached hydrogens (tertiary/aromatic N) is 4. The number of ether oxygens (including phenoxy) is 2. The van der Waals surface area contributed by atoms with E-state index in [1.165, 1.54) is 6.92 Å². The zero-order chi connectivity index (χ0) is 36.1. The van der Waals surface area contributed by atoms with Gasteiger partial charge < -0.3 is 24.8 Å². The van der Waals surface area contributed by atoms with E-state index >= 15 is 0 Å². The number of carboxylic acids is 1. The first-order valence-electron chi connectivity index (χ1n) is 16.7. The van der Waals surface area contributed by atoms with E-state index in [0.29, 0.717) is 28.8 Å². The molecule has 3 atom stereocenters. The fraction of sp³-hybridized carbons (Fsp3) is 0.444. The number of benzene rings is 2. The lowest BCUT2D eigenvalue weighted by atomic mass is 9.75. The molecule has 0 radical (unpaired) electrons. The van der Waals surface area contributed by atoms with E-state index in [9.17, 15) is 14.7 Å². The number of H-pyrrole nitrogens is 1. The van der Waals surface area contributed by atoms with Crippen LogP contribution < -0.4 is 15.0 Å². The topological polar surface area (TPSA) is 160 Å². The molecule has 1 saturated heterocycles.